The molecule has 106 valence electrons. The molecule has 1 nitrogen and oxygen atoms in total. The van der Waals surface area contributed by atoms with Crippen molar-refractivity contribution >= 4 is 15.9 Å². The minimum Gasteiger partial charge on any atom is -0.489 e. The Labute approximate surface area is 127 Å². The van der Waals surface area contributed by atoms with Gasteiger partial charge in [-0.15, -0.1) is 0 Å². The summed E-state index contributed by atoms with van der Waals surface area (Å²) >= 11 is 3.15. The van der Waals surface area contributed by atoms with Crippen LogP contribution in [-0.4, -0.2) is 0 Å². The largest absolute Gasteiger partial charge is 0.489 e. The van der Waals surface area contributed by atoms with Crippen LogP contribution in [0, 0.1) is 5.82 Å². The molecule has 0 spiro atoms. The third kappa shape index (κ3) is 3.83. The zero-order valence-corrected chi connectivity index (χ0v) is 13.5. The molecular weight excluding hydrogens is 319 g/mol. The van der Waals surface area contributed by atoms with Crippen molar-refractivity contribution in [3.05, 3.63) is 63.9 Å². The summed E-state index contributed by atoms with van der Waals surface area (Å²) in [6.45, 7) is 7.04. The summed E-state index contributed by atoms with van der Waals surface area (Å²) in [4.78, 5) is 0. The van der Waals surface area contributed by atoms with Crippen LogP contribution in [-0.2, 0) is 12.0 Å². The topological polar surface area (TPSA) is 9.23 Å². The first-order chi connectivity index (χ1) is 9.36. The molecule has 0 atom stereocenters. The molecule has 0 heterocycles. The normalized spacial score (nSPS) is 11.4. The summed E-state index contributed by atoms with van der Waals surface area (Å²) in [5.74, 6) is 0.366. The maximum Gasteiger partial charge on any atom is 0.137 e. The van der Waals surface area contributed by atoms with E-state index in [-0.39, 0.29) is 11.2 Å². The number of hydrogen-bond acceptors (Lipinski definition) is 1. The molecule has 0 aromatic heterocycles. The lowest BCUT2D eigenvalue weighted by Crippen LogP contribution is -2.10. The molecule has 2 aromatic carbocycles. The molecule has 0 aliphatic carbocycles. The fourth-order valence-corrected chi connectivity index (χ4v) is 2.19. The van der Waals surface area contributed by atoms with Crippen LogP contribution in [0.1, 0.15) is 31.9 Å². The summed E-state index contributed by atoms with van der Waals surface area (Å²) in [7, 11) is 0. The van der Waals surface area contributed by atoms with E-state index in [0.717, 1.165) is 5.56 Å². The maximum atomic E-state index is 13.1. The summed E-state index contributed by atoms with van der Waals surface area (Å²) in [6, 6.07) is 13.0. The molecule has 0 saturated carbocycles. The molecule has 0 radical (unpaired) electrons. The van der Waals surface area contributed by atoms with Crippen molar-refractivity contribution in [2.75, 3.05) is 0 Å². The van der Waals surface area contributed by atoms with Crippen molar-refractivity contribution in [2.45, 2.75) is 32.8 Å². The molecule has 0 N–H and O–H groups in total. The molecule has 2 aromatic rings. The highest BCUT2D eigenvalue weighted by Gasteiger charge is 2.12. The Bertz CT molecular complexity index is 585. The summed E-state index contributed by atoms with van der Waals surface area (Å²) < 4.78 is 19.2. The first-order valence-electron chi connectivity index (χ1n) is 6.53. The van der Waals surface area contributed by atoms with E-state index in [2.05, 4.69) is 61.0 Å². The number of halogens is 2. The zero-order valence-electron chi connectivity index (χ0n) is 11.9. The van der Waals surface area contributed by atoms with Gasteiger partial charge >= 0.3 is 0 Å². The predicted molar refractivity (Wildman–Crippen MR) is 83.6 cm³/mol. The van der Waals surface area contributed by atoms with E-state index in [9.17, 15) is 4.39 Å². The van der Waals surface area contributed by atoms with Gasteiger partial charge in [0.2, 0.25) is 0 Å². The van der Waals surface area contributed by atoms with Crippen molar-refractivity contribution in [3.8, 4) is 5.75 Å². The minimum atomic E-state index is -0.285. The van der Waals surface area contributed by atoms with Gasteiger partial charge < -0.3 is 4.74 Å². The van der Waals surface area contributed by atoms with Gasteiger partial charge in [-0.1, -0.05) is 45.0 Å². The van der Waals surface area contributed by atoms with Crippen LogP contribution in [0.2, 0.25) is 0 Å². The molecule has 0 amide bonds. The minimum absolute atomic E-state index is 0.154. The van der Waals surface area contributed by atoms with Crippen LogP contribution < -0.4 is 4.74 Å². The Balaban J connectivity index is 2.02. The lowest BCUT2D eigenvalue weighted by Gasteiger charge is -2.19. The van der Waals surface area contributed by atoms with Crippen LogP contribution in [0.25, 0.3) is 0 Å². The van der Waals surface area contributed by atoms with Gasteiger partial charge in [-0.05, 0) is 50.7 Å². The summed E-state index contributed by atoms with van der Waals surface area (Å²) in [5.41, 5.74) is 2.55. The lowest BCUT2D eigenvalue weighted by atomic mass is 9.87. The van der Waals surface area contributed by atoms with E-state index in [1.54, 1.807) is 12.1 Å². The van der Waals surface area contributed by atoms with Crippen LogP contribution in [0.4, 0.5) is 4.39 Å². The first-order valence-corrected chi connectivity index (χ1v) is 7.33. The van der Waals surface area contributed by atoms with E-state index in [1.807, 2.05) is 0 Å². The highest BCUT2D eigenvalue weighted by molar-refractivity contribution is 9.10. The Morgan fingerprint density at radius 2 is 1.70 bits per heavy atom. The van der Waals surface area contributed by atoms with Gasteiger partial charge in [0, 0.05) is 0 Å². The molecule has 2 rings (SSSR count). The smallest absolute Gasteiger partial charge is 0.137 e. The van der Waals surface area contributed by atoms with E-state index >= 15 is 0 Å². The Morgan fingerprint density at radius 1 is 1.05 bits per heavy atom. The highest BCUT2D eigenvalue weighted by atomic mass is 79.9. The molecule has 0 unspecified atom stereocenters. The molecule has 3 heteroatoms. The van der Waals surface area contributed by atoms with E-state index in [1.165, 1.54) is 11.6 Å². The van der Waals surface area contributed by atoms with E-state index < -0.39 is 0 Å². The van der Waals surface area contributed by atoms with Crippen LogP contribution >= 0.6 is 15.9 Å². The van der Waals surface area contributed by atoms with Crippen LogP contribution in [0.3, 0.4) is 0 Å². The van der Waals surface area contributed by atoms with Gasteiger partial charge in [0.1, 0.15) is 18.2 Å². The Hall–Kier alpha value is -1.35. The molecular formula is C17H18BrFO. The average Bonchev–Trinajstić information content (AvgIpc) is 2.40. The summed E-state index contributed by atoms with van der Waals surface area (Å²) in [5, 5.41) is 0. The van der Waals surface area contributed by atoms with Crippen LogP contribution in [0.5, 0.6) is 5.75 Å². The molecule has 0 aliphatic heterocycles. The van der Waals surface area contributed by atoms with Gasteiger partial charge in [0.05, 0.1) is 4.47 Å². The number of hydrogen-bond donors (Lipinski definition) is 0. The van der Waals surface area contributed by atoms with Gasteiger partial charge in [-0.3, -0.25) is 0 Å². The van der Waals surface area contributed by atoms with E-state index in [0.29, 0.717) is 16.8 Å². The fraction of sp³-hybridized carbons (Fsp3) is 0.294. The van der Waals surface area contributed by atoms with Gasteiger partial charge in [0.15, 0.2) is 0 Å². The molecule has 0 saturated heterocycles. The monoisotopic (exact) mass is 336 g/mol. The standard InChI is InChI=1S/C17H18BrFO/c1-17(2,3)13-6-4-12(5-7-13)11-20-14-8-9-16(19)15(18)10-14/h4-10H,11H2,1-3H3. The second kappa shape index (κ2) is 5.96. The molecule has 0 fully saturated rings. The zero-order chi connectivity index (χ0) is 14.8. The quantitative estimate of drug-likeness (QED) is 0.722. The summed E-state index contributed by atoms with van der Waals surface area (Å²) in [6.07, 6.45) is 0. The third-order valence-electron chi connectivity index (χ3n) is 3.12. The number of benzene rings is 2. The Morgan fingerprint density at radius 3 is 2.25 bits per heavy atom. The third-order valence-corrected chi connectivity index (χ3v) is 3.72. The van der Waals surface area contributed by atoms with Crippen molar-refractivity contribution < 1.29 is 9.13 Å². The van der Waals surface area contributed by atoms with E-state index in [4.69, 9.17) is 4.74 Å². The second-order valence-electron chi connectivity index (χ2n) is 5.81. The van der Waals surface area contributed by atoms with Crippen molar-refractivity contribution in [2.24, 2.45) is 0 Å². The molecule has 0 aliphatic rings. The van der Waals surface area contributed by atoms with Crippen LogP contribution in [0.15, 0.2) is 46.9 Å². The Kier molecular flexibility index (Phi) is 4.48. The highest BCUT2D eigenvalue weighted by Crippen LogP contribution is 2.24. The first kappa shape index (κ1) is 15.0. The second-order valence-corrected chi connectivity index (χ2v) is 6.67. The SMILES string of the molecule is CC(C)(C)c1ccc(COc2ccc(F)c(Br)c2)cc1. The van der Waals surface area contributed by atoms with Crippen molar-refractivity contribution in [3.63, 3.8) is 0 Å². The maximum absolute atomic E-state index is 13.1. The lowest BCUT2D eigenvalue weighted by molar-refractivity contribution is 0.305. The number of ether oxygens (including phenoxy) is 1. The molecule has 0 bridgehead atoms. The number of rotatable bonds is 3. The predicted octanol–water partition coefficient (Wildman–Crippen LogP) is 5.46. The molecule has 20 heavy (non-hydrogen) atoms. The average molecular weight is 337 g/mol. The fourth-order valence-electron chi connectivity index (χ4n) is 1.83. The van der Waals surface area contributed by atoms with Crippen molar-refractivity contribution in [1.29, 1.82) is 0 Å². The van der Waals surface area contributed by atoms with Gasteiger partial charge in [0.25, 0.3) is 0 Å². The van der Waals surface area contributed by atoms with Gasteiger partial charge in [-0.25, -0.2) is 4.39 Å². The van der Waals surface area contributed by atoms with Crippen molar-refractivity contribution in [1.82, 2.24) is 0 Å². The van der Waals surface area contributed by atoms with Gasteiger partial charge in [-0.2, -0.15) is 0 Å².